The Morgan fingerprint density at radius 3 is 2.52 bits per heavy atom. The van der Waals surface area contributed by atoms with Gasteiger partial charge in [-0.2, -0.15) is 0 Å². The minimum absolute atomic E-state index is 0.0431. The van der Waals surface area contributed by atoms with Crippen molar-refractivity contribution < 1.29 is 15.0 Å². The highest BCUT2D eigenvalue weighted by molar-refractivity contribution is 5.69. The number of carboxylic acids is 1. The Balaban J connectivity index is 1.78. The fraction of sp³-hybridized carbons (Fsp3) is 0.231. The first kappa shape index (κ1) is 22.5. The lowest BCUT2D eigenvalue weighted by Crippen LogP contribution is -2.10. The normalized spacial score (nSPS) is 12.1. The molecule has 0 bridgehead atoms. The van der Waals surface area contributed by atoms with E-state index in [1.54, 1.807) is 12.3 Å². The van der Waals surface area contributed by atoms with Crippen LogP contribution in [0, 0.1) is 6.92 Å². The number of benzene rings is 2. The fourth-order valence-electron chi connectivity index (χ4n) is 4.16. The molecule has 1 unspecified atom stereocenters. The van der Waals surface area contributed by atoms with Gasteiger partial charge in [-0.05, 0) is 60.4 Å². The molecule has 4 aromatic rings. The van der Waals surface area contributed by atoms with Crippen LogP contribution >= 0.6 is 0 Å². The van der Waals surface area contributed by atoms with Crippen molar-refractivity contribution >= 4 is 5.97 Å². The second-order valence-electron chi connectivity index (χ2n) is 8.04. The number of aryl methyl sites for hydroxylation is 3. The molecule has 170 valence electrons. The van der Waals surface area contributed by atoms with Gasteiger partial charge in [0, 0.05) is 35.9 Å². The van der Waals surface area contributed by atoms with E-state index in [-0.39, 0.29) is 6.42 Å². The second-order valence-corrected chi connectivity index (χ2v) is 8.04. The van der Waals surface area contributed by atoms with Crippen LogP contribution in [0.2, 0.25) is 0 Å². The van der Waals surface area contributed by atoms with Gasteiger partial charge in [0.2, 0.25) is 0 Å². The number of nitrogens with zero attached hydrogens (tertiary/aromatic N) is 3. The summed E-state index contributed by atoms with van der Waals surface area (Å²) in [4.78, 5) is 15.6. The molecule has 0 aliphatic rings. The first-order chi connectivity index (χ1) is 15.9. The number of carboxylic acid groups (broad SMARTS) is 1. The van der Waals surface area contributed by atoms with Crippen molar-refractivity contribution in [3.63, 3.8) is 0 Å². The number of nitrogens with two attached hydrogens (primary N) is 1. The molecular weight excluding hydrogens is 416 g/mol. The summed E-state index contributed by atoms with van der Waals surface area (Å²) in [5.41, 5.74) is 12.1. The van der Waals surface area contributed by atoms with Gasteiger partial charge in [0.25, 0.3) is 0 Å². The van der Waals surface area contributed by atoms with Gasteiger partial charge < -0.3 is 25.1 Å². The fourth-order valence-corrected chi connectivity index (χ4v) is 4.16. The Bertz CT molecular complexity index is 1270. The standard InChI is InChI=1S/C26H28N4O3/c1-3-24-28-14-15-29(24)20-7-4-18(5-8-20)23-12-9-21(10-13-25(31)32)30(23)22-11-6-19(26(27)33)16-17(22)2/h4-9,11-12,14-16,26,33H,3,10,13,27H2,1-2H3,(H,31,32). The van der Waals surface area contributed by atoms with Crippen molar-refractivity contribution in [2.24, 2.45) is 5.73 Å². The first-order valence-corrected chi connectivity index (χ1v) is 11.0. The van der Waals surface area contributed by atoms with Gasteiger partial charge in [0.05, 0.1) is 12.1 Å². The Hall–Kier alpha value is -3.68. The van der Waals surface area contributed by atoms with Crippen LogP contribution in [-0.4, -0.2) is 30.3 Å². The predicted octanol–water partition coefficient (Wildman–Crippen LogP) is 4.17. The van der Waals surface area contributed by atoms with Gasteiger partial charge in [-0.25, -0.2) is 4.98 Å². The number of hydrogen-bond donors (Lipinski definition) is 3. The molecule has 2 heterocycles. The van der Waals surface area contributed by atoms with Crippen molar-refractivity contribution in [2.45, 2.75) is 39.3 Å². The topological polar surface area (TPSA) is 106 Å². The highest BCUT2D eigenvalue weighted by Gasteiger charge is 2.16. The second kappa shape index (κ2) is 9.44. The number of imidazole rings is 1. The monoisotopic (exact) mass is 444 g/mol. The van der Waals surface area contributed by atoms with Crippen LogP contribution in [0.5, 0.6) is 0 Å². The quantitative estimate of drug-likeness (QED) is 0.354. The van der Waals surface area contributed by atoms with E-state index in [1.807, 2.05) is 37.4 Å². The summed E-state index contributed by atoms with van der Waals surface area (Å²) < 4.78 is 4.16. The number of hydrogen-bond acceptors (Lipinski definition) is 4. The molecule has 0 saturated carbocycles. The Kier molecular flexibility index (Phi) is 6.44. The zero-order chi connectivity index (χ0) is 23.5. The molecule has 2 aromatic carbocycles. The first-order valence-electron chi connectivity index (χ1n) is 11.0. The van der Waals surface area contributed by atoms with Crippen LogP contribution in [0.15, 0.2) is 67.0 Å². The maximum Gasteiger partial charge on any atom is 0.303 e. The van der Waals surface area contributed by atoms with Crippen LogP contribution < -0.4 is 5.73 Å². The lowest BCUT2D eigenvalue weighted by molar-refractivity contribution is -0.136. The van der Waals surface area contributed by atoms with Crippen molar-refractivity contribution in [1.82, 2.24) is 14.1 Å². The van der Waals surface area contributed by atoms with Crippen LogP contribution in [0.4, 0.5) is 0 Å². The number of aliphatic carboxylic acids is 1. The summed E-state index contributed by atoms with van der Waals surface area (Å²) in [6.45, 7) is 4.04. The lowest BCUT2D eigenvalue weighted by atomic mass is 10.1. The molecular formula is C26H28N4O3. The van der Waals surface area contributed by atoms with E-state index in [1.165, 1.54) is 0 Å². The number of carbonyl (C=O) groups is 1. The van der Waals surface area contributed by atoms with Crippen LogP contribution in [0.25, 0.3) is 22.6 Å². The lowest BCUT2D eigenvalue weighted by Gasteiger charge is -2.18. The van der Waals surface area contributed by atoms with Crippen molar-refractivity contribution in [2.75, 3.05) is 0 Å². The molecule has 33 heavy (non-hydrogen) atoms. The number of rotatable bonds is 8. The van der Waals surface area contributed by atoms with E-state index in [2.05, 4.69) is 45.3 Å². The number of aliphatic hydroxyl groups excluding tert-OH is 1. The van der Waals surface area contributed by atoms with Crippen LogP contribution in [0.3, 0.4) is 0 Å². The summed E-state index contributed by atoms with van der Waals surface area (Å²) in [5, 5.41) is 19.0. The summed E-state index contributed by atoms with van der Waals surface area (Å²) in [5.74, 6) is 0.166. The highest BCUT2D eigenvalue weighted by atomic mass is 16.4. The highest BCUT2D eigenvalue weighted by Crippen LogP contribution is 2.30. The summed E-state index contributed by atoms with van der Waals surface area (Å²) in [6, 6.07) is 17.8. The molecule has 4 rings (SSSR count). The molecule has 7 nitrogen and oxygen atoms in total. The third-order valence-corrected chi connectivity index (χ3v) is 5.83. The van der Waals surface area contributed by atoms with Crippen LogP contribution in [0.1, 0.15) is 42.2 Å². The van der Waals surface area contributed by atoms with E-state index in [4.69, 9.17) is 5.73 Å². The van der Waals surface area contributed by atoms with Gasteiger partial charge >= 0.3 is 5.97 Å². The average molecular weight is 445 g/mol. The largest absolute Gasteiger partial charge is 0.481 e. The van der Waals surface area contributed by atoms with Gasteiger partial charge in [-0.3, -0.25) is 4.79 Å². The number of aliphatic hydroxyl groups is 1. The zero-order valence-corrected chi connectivity index (χ0v) is 18.8. The average Bonchev–Trinajstić information content (AvgIpc) is 3.44. The van der Waals surface area contributed by atoms with E-state index >= 15 is 0 Å². The molecule has 0 fully saturated rings. The molecule has 0 saturated heterocycles. The predicted molar refractivity (Wildman–Crippen MR) is 128 cm³/mol. The summed E-state index contributed by atoms with van der Waals surface area (Å²) in [6.07, 6.45) is 4.01. The zero-order valence-electron chi connectivity index (χ0n) is 18.8. The molecule has 0 aliphatic heterocycles. The van der Waals surface area contributed by atoms with Crippen molar-refractivity contribution in [3.8, 4) is 22.6 Å². The van der Waals surface area contributed by atoms with Crippen molar-refractivity contribution in [1.29, 1.82) is 0 Å². The third-order valence-electron chi connectivity index (χ3n) is 5.83. The smallest absolute Gasteiger partial charge is 0.303 e. The van der Waals surface area contributed by atoms with Crippen molar-refractivity contribution in [3.05, 3.63) is 89.6 Å². The minimum atomic E-state index is -1.04. The molecule has 0 radical (unpaired) electrons. The maximum atomic E-state index is 11.2. The molecule has 2 aromatic heterocycles. The number of aromatic nitrogens is 3. The van der Waals surface area contributed by atoms with E-state index in [9.17, 15) is 15.0 Å². The Morgan fingerprint density at radius 2 is 1.88 bits per heavy atom. The van der Waals surface area contributed by atoms with E-state index < -0.39 is 12.2 Å². The van der Waals surface area contributed by atoms with Gasteiger partial charge in [0.15, 0.2) is 0 Å². The van der Waals surface area contributed by atoms with E-state index in [0.717, 1.165) is 46.1 Å². The molecule has 4 N–H and O–H groups in total. The van der Waals surface area contributed by atoms with Gasteiger partial charge in [-0.15, -0.1) is 0 Å². The van der Waals surface area contributed by atoms with E-state index in [0.29, 0.717) is 12.0 Å². The molecule has 7 heteroatoms. The summed E-state index contributed by atoms with van der Waals surface area (Å²) in [7, 11) is 0. The molecule has 0 aliphatic carbocycles. The Morgan fingerprint density at radius 1 is 1.12 bits per heavy atom. The summed E-state index contributed by atoms with van der Waals surface area (Å²) >= 11 is 0. The SMILES string of the molecule is CCc1nccn1-c1ccc(-c2ccc(CCC(=O)O)n2-c2ccc(C(N)O)cc2C)cc1. The third kappa shape index (κ3) is 4.60. The maximum absolute atomic E-state index is 11.2. The molecule has 1 atom stereocenters. The van der Waals surface area contributed by atoms with Gasteiger partial charge in [0.1, 0.15) is 12.1 Å². The minimum Gasteiger partial charge on any atom is -0.481 e. The molecule has 0 amide bonds. The van der Waals surface area contributed by atoms with Crippen LogP contribution in [-0.2, 0) is 17.6 Å². The van der Waals surface area contributed by atoms with Gasteiger partial charge in [-0.1, -0.05) is 31.2 Å². The Labute approximate surface area is 192 Å². The molecule has 0 spiro atoms.